The zero-order valence-electron chi connectivity index (χ0n) is 16.1. The van der Waals surface area contributed by atoms with E-state index in [4.69, 9.17) is 4.74 Å². The van der Waals surface area contributed by atoms with Crippen LogP contribution in [0.5, 0.6) is 5.88 Å². The number of benzene rings is 1. The van der Waals surface area contributed by atoms with Crippen LogP contribution in [0.15, 0.2) is 48.7 Å². The minimum absolute atomic E-state index is 0.00192. The van der Waals surface area contributed by atoms with Gasteiger partial charge in [0, 0.05) is 23.9 Å². The molecule has 27 heavy (non-hydrogen) atoms. The van der Waals surface area contributed by atoms with Crippen molar-refractivity contribution in [1.29, 1.82) is 0 Å². The summed E-state index contributed by atoms with van der Waals surface area (Å²) in [6, 6.07) is 11.9. The molecule has 0 aliphatic rings. The molecule has 2 atom stereocenters. The lowest BCUT2D eigenvalue weighted by molar-refractivity contribution is -0.124. The molecule has 0 saturated carbocycles. The number of hydrogen-bond acceptors (Lipinski definition) is 4. The Hall–Kier alpha value is -2.89. The molecule has 2 rings (SSSR count). The van der Waals surface area contributed by atoms with Gasteiger partial charge in [-0.2, -0.15) is 0 Å². The normalized spacial score (nSPS) is 12.7. The Morgan fingerprint density at radius 1 is 1.11 bits per heavy atom. The lowest BCUT2D eigenvalue weighted by atomic mass is 9.97. The molecule has 0 radical (unpaired) electrons. The Balaban J connectivity index is 2.06. The minimum Gasteiger partial charge on any atom is -0.478 e. The van der Waals surface area contributed by atoms with Crippen LogP contribution < -0.4 is 15.4 Å². The smallest absolute Gasteiger partial charge is 0.251 e. The van der Waals surface area contributed by atoms with Crippen molar-refractivity contribution in [2.45, 2.75) is 39.8 Å². The Labute approximate surface area is 160 Å². The number of nitrogens with zero attached hydrogens (tertiary/aromatic N) is 1. The van der Waals surface area contributed by atoms with E-state index in [0.29, 0.717) is 18.1 Å². The number of hydrogen-bond donors (Lipinski definition) is 2. The Kier molecular flexibility index (Phi) is 7.79. The summed E-state index contributed by atoms with van der Waals surface area (Å²) in [5, 5.41) is 5.76. The van der Waals surface area contributed by atoms with Gasteiger partial charge in [-0.1, -0.05) is 44.5 Å². The molecule has 0 spiro atoms. The van der Waals surface area contributed by atoms with Crippen LogP contribution in [0.1, 0.15) is 43.1 Å². The third kappa shape index (κ3) is 5.81. The molecule has 1 heterocycles. The highest BCUT2D eigenvalue weighted by molar-refractivity contribution is 5.97. The van der Waals surface area contributed by atoms with E-state index in [9.17, 15) is 9.59 Å². The number of nitrogens with one attached hydrogen (secondary N) is 2. The summed E-state index contributed by atoms with van der Waals surface area (Å²) < 4.78 is 5.49. The van der Waals surface area contributed by atoms with Crippen LogP contribution in [-0.4, -0.2) is 29.4 Å². The van der Waals surface area contributed by atoms with Crippen molar-refractivity contribution in [3.05, 3.63) is 59.8 Å². The molecule has 144 valence electrons. The van der Waals surface area contributed by atoms with E-state index in [1.165, 1.54) is 0 Å². The quantitative estimate of drug-likeness (QED) is 0.712. The fourth-order valence-electron chi connectivity index (χ4n) is 2.63. The van der Waals surface area contributed by atoms with Gasteiger partial charge in [0.1, 0.15) is 6.04 Å². The maximum absolute atomic E-state index is 12.8. The van der Waals surface area contributed by atoms with E-state index in [1.54, 1.807) is 36.5 Å². The van der Waals surface area contributed by atoms with E-state index < -0.39 is 6.04 Å². The molecular formula is C21H27N3O3. The summed E-state index contributed by atoms with van der Waals surface area (Å²) in [6.07, 6.45) is 2.42. The molecule has 1 aromatic carbocycles. The molecule has 0 aliphatic carbocycles. The van der Waals surface area contributed by atoms with Crippen molar-refractivity contribution in [3.63, 3.8) is 0 Å². The molecule has 0 bridgehead atoms. The van der Waals surface area contributed by atoms with Crippen LogP contribution in [0.25, 0.3) is 0 Å². The summed E-state index contributed by atoms with van der Waals surface area (Å²) in [5.41, 5.74) is 1.33. The third-order valence-corrected chi connectivity index (χ3v) is 4.40. The largest absolute Gasteiger partial charge is 0.478 e. The van der Waals surface area contributed by atoms with Gasteiger partial charge in [0.15, 0.2) is 0 Å². The van der Waals surface area contributed by atoms with Crippen LogP contribution in [0.4, 0.5) is 0 Å². The van der Waals surface area contributed by atoms with Crippen molar-refractivity contribution in [2.75, 3.05) is 6.61 Å². The van der Waals surface area contributed by atoms with Crippen molar-refractivity contribution in [2.24, 2.45) is 5.92 Å². The highest BCUT2D eigenvalue weighted by Crippen LogP contribution is 2.15. The van der Waals surface area contributed by atoms with E-state index in [-0.39, 0.29) is 24.3 Å². The molecule has 2 aromatic rings. The molecule has 2 amide bonds. The summed E-state index contributed by atoms with van der Waals surface area (Å²) in [5.74, 6) is 0.0269. The molecule has 0 saturated heterocycles. The van der Waals surface area contributed by atoms with Crippen LogP contribution >= 0.6 is 0 Å². The van der Waals surface area contributed by atoms with E-state index in [2.05, 4.69) is 15.6 Å². The molecule has 6 heteroatoms. The van der Waals surface area contributed by atoms with Gasteiger partial charge in [0.2, 0.25) is 11.8 Å². The minimum atomic E-state index is -0.616. The molecule has 6 nitrogen and oxygen atoms in total. The molecule has 0 fully saturated rings. The van der Waals surface area contributed by atoms with Gasteiger partial charge >= 0.3 is 0 Å². The van der Waals surface area contributed by atoms with Crippen molar-refractivity contribution in [3.8, 4) is 5.88 Å². The van der Waals surface area contributed by atoms with Crippen LogP contribution in [0.3, 0.4) is 0 Å². The van der Waals surface area contributed by atoms with Gasteiger partial charge < -0.3 is 15.4 Å². The van der Waals surface area contributed by atoms with Gasteiger partial charge in [0.05, 0.1) is 6.61 Å². The SMILES string of the molecule is CCOc1ncccc1CNC(=O)C(NC(=O)c1ccccc1)C(C)CC. The Morgan fingerprint density at radius 3 is 2.52 bits per heavy atom. The van der Waals surface area contributed by atoms with Gasteiger partial charge in [-0.15, -0.1) is 0 Å². The van der Waals surface area contributed by atoms with Crippen LogP contribution in [0, 0.1) is 5.92 Å². The fourth-order valence-corrected chi connectivity index (χ4v) is 2.63. The topological polar surface area (TPSA) is 80.3 Å². The zero-order valence-corrected chi connectivity index (χ0v) is 16.1. The maximum atomic E-state index is 12.8. The number of carbonyl (C=O) groups excluding carboxylic acids is 2. The number of pyridine rings is 1. The second-order valence-electron chi connectivity index (χ2n) is 6.32. The first kappa shape index (κ1) is 20.4. The predicted octanol–water partition coefficient (Wildman–Crippen LogP) is 2.94. The first-order valence-electron chi connectivity index (χ1n) is 9.27. The highest BCUT2D eigenvalue weighted by atomic mass is 16.5. The molecule has 0 aliphatic heterocycles. The van der Waals surface area contributed by atoms with Crippen LogP contribution in [0.2, 0.25) is 0 Å². The van der Waals surface area contributed by atoms with E-state index in [0.717, 1.165) is 12.0 Å². The molecule has 2 N–H and O–H groups in total. The number of carbonyl (C=O) groups is 2. The Morgan fingerprint density at radius 2 is 1.85 bits per heavy atom. The standard InChI is InChI=1S/C21H27N3O3/c1-4-15(3)18(24-19(25)16-10-7-6-8-11-16)20(26)23-14-17-12-9-13-22-21(17)27-5-2/h6-13,15,18H,4-5,14H2,1-3H3,(H,23,26)(H,24,25). The second kappa shape index (κ2) is 10.3. The number of ether oxygens (including phenoxy) is 1. The molecule has 1 aromatic heterocycles. The van der Waals surface area contributed by atoms with Gasteiger partial charge in [-0.3, -0.25) is 9.59 Å². The lowest BCUT2D eigenvalue weighted by Gasteiger charge is -2.23. The number of amides is 2. The first-order valence-corrected chi connectivity index (χ1v) is 9.27. The second-order valence-corrected chi connectivity index (χ2v) is 6.32. The average molecular weight is 369 g/mol. The number of rotatable bonds is 9. The fraction of sp³-hybridized carbons (Fsp3) is 0.381. The van der Waals surface area contributed by atoms with Crippen molar-refractivity contribution < 1.29 is 14.3 Å². The van der Waals surface area contributed by atoms with Crippen LogP contribution in [-0.2, 0) is 11.3 Å². The summed E-state index contributed by atoms with van der Waals surface area (Å²) in [4.78, 5) is 29.4. The predicted molar refractivity (Wildman–Crippen MR) is 104 cm³/mol. The van der Waals surface area contributed by atoms with Gasteiger partial charge in [0.25, 0.3) is 5.91 Å². The maximum Gasteiger partial charge on any atom is 0.251 e. The monoisotopic (exact) mass is 369 g/mol. The first-order chi connectivity index (χ1) is 13.1. The van der Waals surface area contributed by atoms with Gasteiger partial charge in [-0.25, -0.2) is 4.98 Å². The summed E-state index contributed by atoms with van der Waals surface area (Å²) in [7, 11) is 0. The average Bonchev–Trinajstić information content (AvgIpc) is 2.71. The molecular weight excluding hydrogens is 342 g/mol. The van der Waals surface area contributed by atoms with Crippen molar-refractivity contribution >= 4 is 11.8 Å². The Bertz CT molecular complexity index is 749. The highest BCUT2D eigenvalue weighted by Gasteiger charge is 2.26. The van der Waals surface area contributed by atoms with E-state index >= 15 is 0 Å². The molecule has 2 unspecified atom stereocenters. The lowest BCUT2D eigenvalue weighted by Crippen LogP contribution is -2.50. The zero-order chi connectivity index (χ0) is 19.6. The summed E-state index contributed by atoms with van der Waals surface area (Å²) >= 11 is 0. The summed E-state index contributed by atoms with van der Waals surface area (Å²) in [6.45, 7) is 6.62. The van der Waals surface area contributed by atoms with Crippen molar-refractivity contribution in [1.82, 2.24) is 15.6 Å². The van der Waals surface area contributed by atoms with Gasteiger partial charge in [-0.05, 0) is 31.0 Å². The third-order valence-electron chi connectivity index (χ3n) is 4.40. The van der Waals surface area contributed by atoms with E-state index in [1.807, 2.05) is 32.9 Å². The number of aromatic nitrogens is 1.